The minimum atomic E-state index is -0.499. The zero-order chi connectivity index (χ0) is 21.6. The van der Waals surface area contributed by atoms with E-state index in [2.05, 4.69) is 10.3 Å². The highest BCUT2D eigenvalue weighted by Gasteiger charge is 2.16. The van der Waals surface area contributed by atoms with E-state index in [0.29, 0.717) is 47.0 Å². The molecule has 0 fully saturated rings. The van der Waals surface area contributed by atoms with Crippen molar-refractivity contribution in [3.63, 3.8) is 0 Å². The van der Waals surface area contributed by atoms with Crippen LogP contribution >= 0.6 is 11.8 Å². The Balaban J connectivity index is 1.49. The number of furan rings is 1. The number of nitrogens with zero attached hydrogens (tertiary/aromatic N) is 2. The molecule has 0 radical (unpaired) electrons. The Morgan fingerprint density at radius 2 is 1.90 bits per heavy atom. The average molecular weight is 437 g/mol. The van der Waals surface area contributed by atoms with Crippen LogP contribution in [0.1, 0.15) is 18.6 Å². The van der Waals surface area contributed by atoms with Crippen molar-refractivity contribution in [3.05, 3.63) is 88.9 Å². The Kier molecular flexibility index (Phi) is 6.47. The molecule has 2 aromatic heterocycles. The molecule has 0 unspecified atom stereocenters. The Hall–Kier alpha value is -3.39. The van der Waals surface area contributed by atoms with Crippen LogP contribution in [0.5, 0.6) is 0 Å². The van der Waals surface area contributed by atoms with Gasteiger partial charge >= 0.3 is 0 Å². The highest BCUT2D eigenvalue weighted by Crippen LogP contribution is 2.23. The summed E-state index contributed by atoms with van der Waals surface area (Å²) in [6.45, 7) is 0.345. The van der Waals surface area contributed by atoms with Gasteiger partial charge in [0.2, 0.25) is 5.91 Å². The lowest BCUT2D eigenvalue weighted by Crippen LogP contribution is -2.23. The first kappa shape index (κ1) is 20.9. The van der Waals surface area contributed by atoms with Gasteiger partial charge in [-0.2, -0.15) is 0 Å². The summed E-state index contributed by atoms with van der Waals surface area (Å²) in [4.78, 5) is 29.7. The van der Waals surface area contributed by atoms with E-state index in [1.54, 1.807) is 60.9 Å². The second kappa shape index (κ2) is 9.61. The molecule has 6 nitrogen and oxygen atoms in total. The number of rotatable bonds is 8. The van der Waals surface area contributed by atoms with Crippen LogP contribution in [0.3, 0.4) is 0 Å². The predicted octanol–water partition coefficient (Wildman–Crippen LogP) is 4.31. The van der Waals surface area contributed by atoms with Gasteiger partial charge in [0.1, 0.15) is 11.6 Å². The first-order valence-electron chi connectivity index (χ1n) is 9.82. The molecule has 2 heterocycles. The molecular formula is C23H20FN3O3S. The first-order chi connectivity index (χ1) is 15.1. The number of halogens is 1. The van der Waals surface area contributed by atoms with Crippen LogP contribution in [0.25, 0.3) is 16.6 Å². The van der Waals surface area contributed by atoms with Crippen LogP contribution in [-0.2, 0) is 11.3 Å². The van der Waals surface area contributed by atoms with E-state index < -0.39 is 5.82 Å². The second-order valence-corrected chi connectivity index (χ2v) is 7.87. The van der Waals surface area contributed by atoms with Crippen molar-refractivity contribution in [2.45, 2.75) is 24.5 Å². The lowest BCUT2D eigenvalue weighted by molar-refractivity contribution is -0.121. The number of aromatic nitrogens is 2. The van der Waals surface area contributed by atoms with Crippen LogP contribution in [-0.4, -0.2) is 21.2 Å². The highest BCUT2D eigenvalue weighted by atomic mass is 32.2. The van der Waals surface area contributed by atoms with Crippen LogP contribution in [0.4, 0.5) is 4.39 Å². The molecule has 2 aromatic carbocycles. The number of fused-ring (bicyclic) bond motifs is 1. The lowest BCUT2D eigenvalue weighted by Gasteiger charge is -2.13. The van der Waals surface area contributed by atoms with Gasteiger partial charge in [0.15, 0.2) is 5.16 Å². The van der Waals surface area contributed by atoms with Crippen molar-refractivity contribution in [2.75, 3.05) is 5.75 Å². The number of nitrogens with one attached hydrogen (secondary N) is 1. The molecule has 0 spiro atoms. The SMILES string of the molecule is O=C(CCCSc1nc2ccccc2c(=O)n1-c1ccccc1F)NCc1ccco1. The highest BCUT2D eigenvalue weighted by molar-refractivity contribution is 7.99. The summed E-state index contributed by atoms with van der Waals surface area (Å²) in [6.07, 6.45) is 2.46. The van der Waals surface area contributed by atoms with Crippen molar-refractivity contribution in [3.8, 4) is 5.69 Å². The monoisotopic (exact) mass is 437 g/mol. The molecule has 0 bridgehead atoms. The first-order valence-corrected chi connectivity index (χ1v) is 10.8. The lowest BCUT2D eigenvalue weighted by atomic mass is 10.2. The maximum atomic E-state index is 14.5. The molecular weight excluding hydrogens is 417 g/mol. The molecule has 158 valence electrons. The number of hydrogen-bond acceptors (Lipinski definition) is 5. The molecule has 0 saturated carbocycles. The summed E-state index contributed by atoms with van der Waals surface area (Å²) >= 11 is 1.32. The van der Waals surface area contributed by atoms with Crippen LogP contribution in [0.15, 0.2) is 81.3 Å². The van der Waals surface area contributed by atoms with Crippen molar-refractivity contribution in [1.82, 2.24) is 14.9 Å². The van der Waals surface area contributed by atoms with E-state index in [9.17, 15) is 14.0 Å². The van der Waals surface area contributed by atoms with Crippen molar-refractivity contribution >= 4 is 28.6 Å². The smallest absolute Gasteiger partial charge is 0.266 e. The maximum absolute atomic E-state index is 14.5. The molecule has 8 heteroatoms. The van der Waals surface area contributed by atoms with Gasteiger partial charge in [-0.1, -0.05) is 36.0 Å². The van der Waals surface area contributed by atoms with Crippen LogP contribution in [0.2, 0.25) is 0 Å². The van der Waals surface area contributed by atoms with Gasteiger partial charge in [-0.05, 0) is 42.8 Å². The molecule has 4 aromatic rings. The molecule has 0 aliphatic rings. The molecule has 0 aliphatic heterocycles. The quantitative estimate of drug-likeness (QED) is 0.253. The minimum Gasteiger partial charge on any atom is -0.467 e. The number of amides is 1. The summed E-state index contributed by atoms with van der Waals surface area (Å²) < 4.78 is 21.0. The predicted molar refractivity (Wildman–Crippen MR) is 118 cm³/mol. The van der Waals surface area contributed by atoms with Gasteiger partial charge in [-0.3, -0.25) is 14.2 Å². The van der Waals surface area contributed by atoms with Gasteiger partial charge in [0, 0.05) is 12.2 Å². The molecule has 0 atom stereocenters. The zero-order valence-electron chi connectivity index (χ0n) is 16.6. The summed E-state index contributed by atoms with van der Waals surface area (Å²) in [5.74, 6) is 0.653. The fourth-order valence-electron chi connectivity index (χ4n) is 3.14. The Morgan fingerprint density at radius 1 is 1.10 bits per heavy atom. The van der Waals surface area contributed by atoms with Gasteiger partial charge in [0.05, 0.1) is 29.4 Å². The molecule has 0 saturated heterocycles. The molecule has 0 aliphatic carbocycles. The fraction of sp³-hybridized carbons (Fsp3) is 0.174. The van der Waals surface area contributed by atoms with Crippen molar-refractivity contribution < 1.29 is 13.6 Å². The van der Waals surface area contributed by atoms with E-state index in [1.807, 2.05) is 0 Å². The minimum absolute atomic E-state index is 0.0880. The van der Waals surface area contributed by atoms with Crippen molar-refractivity contribution in [1.29, 1.82) is 0 Å². The molecule has 1 N–H and O–H groups in total. The number of carbonyl (C=O) groups excluding carboxylic acids is 1. The maximum Gasteiger partial charge on any atom is 0.266 e. The largest absolute Gasteiger partial charge is 0.467 e. The third-order valence-electron chi connectivity index (χ3n) is 4.66. The van der Waals surface area contributed by atoms with E-state index >= 15 is 0 Å². The number of benzene rings is 2. The van der Waals surface area contributed by atoms with E-state index in [-0.39, 0.29) is 17.2 Å². The summed E-state index contributed by atoms with van der Waals surface area (Å²) in [6, 6.07) is 16.7. The van der Waals surface area contributed by atoms with Gasteiger partial charge in [-0.25, -0.2) is 9.37 Å². The Morgan fingerprint density at radius 3 is 2.71 bits per heavy atom. The van der Waals surface area contributed by atoms with E-state index in [4.69, 9.17) is 4.42 Å². The molecule has 4 rings (SSSR count). The fourth-order valence-corrected chi connectivity index (χ4v) is 4.08. The van der Waals surface area contributed by atoms with Gasteiger partial charge in [0.25, 0.3) is 5.56 Å². The Bertz CT molecular complexity index is 1250. The number of hydrogen-bond donors (Lipinski definition) is 1. The number of carbonyl (C=O) groups is 1. The summed E-state index contributed by atoms with van der Waals surface area (Å²) in [7, 11) is 0. The normalized spacial score (nSPS) is 11.0. The number of para-hydroxylation sites is 2. The summed E-state index contributed by atoms with van der Waals surface area (Å²) in [5, 5.41) is 3.62. The average Bonchev–Trinajstić information content (AvgIpc) is 3.30. The van der Waals surface area contributed by atoms with E-state index in [0.717, 1.165) is 0 Å². The van der Waals surface area contributed by atoms with Crippen molar-refractivity contribution in [2.24, 2.45) is 0 Å². The molecule has 1 amide bonds. The number of thioether (sulfide) groups is 1. The molecule has 31 heavy (non-hydrogen) atoms. The summed E-state index contributed by atoms with van der Waals surface area (Å²) in [5.41, 5.74) is 0.387. The third kappa shape index (κ3) is 4.86. The second-order valence-electron chi connectivity index (χ2n) is 6.81. The van der Waals surface area contributed by atoms with Crippen LogP contribution in [0, 0.1) is 5.82 Å². The standard InChI is InChI=1S/C23H20FN3O3S/c24-18-9-2-4-11-20(18)27-22(29)17-8-1-3-10-19(17)26-23(27)31-14-6-12-21(28)25-15-16-7-5-13-30-16/h1-5,7-11,13H,6,12,14-15H2,(H,25,28). The zero-order valence-corrected chi connectivity index (χ0v) is 17.4. The third-order valence-corrected chi connectivity index (χ3v) is 5.68. The topological polar surface area (TPSA) is 77.1 Å². The van der Waals surface area contributed by atoms with Crippen LogP contribution < -0.4 is 10.9 Å². The van der Waals surface area contributed by atoms with Gasteiger partial charge in [-0.15, -0.1) is 0 Å². The Labute approximate surface area is 182 Å². The van der Waals surface area contributed by atoms with Gasteiger partial charge < -0.3 is 9.73 Å². The van der Waals surface area contributed by atoms with E-state index in [1.165, 1.54) is 22.4 Å².